The molecule has 0 bridgehead atoms. The van der Waals surface area contributed by atoms with Crippen molar-refractivity contribution in [2.45, 2.75) is 31.8 Å². The van der Waals surface area contributed by atoms with E-state index in [4.69, 9.17) is 4.74 Å². The molecule has 1 aliphatic carbocycles. The van der Waals surface area contributed by atoms with Crippen LogP contribution in [-0.2, 0) is 4.79 Å². The summed E-state index contributed by atoms with van der Waals surface area (Å²) < 4.78 is 5.78. The SMILES string of the molecule is O=C(C1CCC1)N1CC[C@H](Oc2ccccn2)C1. The lowest BCUT2D eigenvalue weighted by molar-refractivity contribution is -0.137. The van der Waals surface area contributed by atoms with Gasteiger partial charge in [0.05, 0.1) is 6.54 Å². The van der Waals surface area contributed by atoms with E-state index in [-0.39, 0.29) is 6.10 Å². The highest BCUT2D eigenvalue weighted by Crippen LogP contribution is 2.29. The molecule has 2 heterocycles. The lowest BCUT2D eigenvalue weighted by Crippen LogP contribution is -2.38. The van der Waals surface area contributed by atoms with Gasteiger partial charge < -0.3 is 9.64 Å². The van der Waals surface area contributed by atoms with Crippen molar-refractivity contribution in [3.8, 4) is 5.88 Å². The maximum absolute atomic E-state index is 12.1. The van der Waals surface area contributed by atoms with Gasteiger partial charge in [0.15, 0.2) is 0 Å². The van der Waals surface area contributed by atoms with Gasteiger partial charge in [0, 0.05) is 31.1 Å². The number of amides is 1. The third-order valence-corrected chi connectivity index (χ3v) is 3.84. The Morgan fingerprint density at radius 1 is 1.33 bits per heavy atom. The van der Waals surface area contributed by atoms with Crippen LogP contribution < -0.4 is 4.74 Å². The summed E-state index contributed by atoms with van der Waals surface area (Å²) in [7, 11) is 0. The van der Waals surface area contributed by atoms with Gasteiger partial charge in [-0.3, -0.25) is 4.79 Å². The summed E-state index contributed by atoms with van der Waals surface area (Å²) in [6.45, 7) is 1.54. The molecule has 1 aromatic rings. The van der Waals surface area contributed by atoms with Crippen LogP contribution in [0.1, 0.15) is 25.7 Å². The number of carbonyl (C=O) groups excluding carboxylic acids is 1. The second-order valence-electron chi connectivity index (χ2n) is 5.11. The average Bonchev–Trinajstić information content (AvgIpc) is 2.76. The summed E-state index contributed by atoms with van der Waals surface area (Å²) in [5.74, 6) is 1.27. The number of nitrogens with zero attached hydrogens (tertiary/aromatic N) is 2. The zero-order valence-corrected chi connectivity index (χ0v) is 10.4. The van der Waals surface area contributed by atoms with Crippen molar-refractivity contribution in [1.29, 1.82) is 0 Å². The monoisotopic (exact) mass is 246 g/mol. The number of aromatic nitrogens is 1. The molecule has 0 radical (unpaired) electrons. The average molecular weight is 246 g/mol. The van der Waals surface area contributed by atoms with E-state index in [2.05, 4.69) is 4.98 Å². The van der Waals surface area contributed by atoms with E-state index in [1.54, 1.807) is 6.20 Å². The van der Waals surface area contributed by atoms with Crippen LogP contribution in [0.15, 0.2) is 24.4 Å². The van der Waals surface area contributed by atoms with E-state index < -0.39 is 0 Å². The summed E-state index contributed by atoms with van der Waals surface area (Å²) in [5, 5.41) is 0. The maximum Gasteiger partial charge on any atom is 0.225 e. The molecule has 1 aromatic heterocycles. The zero-order valence-electron chi connectivity index (χ0n) is 10.4. The molecule has 1 saturated heterocycles. The van der Waals surface area contributed by atoms with E-state index in [0.29, 0.717) is 24.2 Å². The number of hydrogen-bond donors (Lipinski definition) is 0. The second kappa shape index (κ2) is 4.96. The smallest absolute Gasteiger partial charge is 0.225 e. The van der Waals surface area contributed by atoms with E-state index >= 15 is 0 Å². The van der Waals surface area contributed by atoms with Crippen LogP contribution >= 0.6 is 0 Å². The molecule has 96 valence electrons. The molecule has 1 atom stereocenters. The number of pyridine rings is 1. The Morgan fingerprint density at radius 2 is 2.22 bits per heavy atom. The van der Waals surface area contributed by atoms with Crippen molar-refractivity contribution in [1.82, 2.24) is 9.88 Å². The lowest BCUT2D eigenvalue weighted by Gasteiger charge is -2.29. The van der Waals surface area contributed by atoms with Crippen molar-refractivity contribution < 1.29 is 9.53 Å². The molecule has 1 amide bonds. The quantitative estimate of drug-likeness (QED) is 0.817. The van der Waals surface area contributed by atoms with E-state index in [9.17, 15) is 4.79 Å². The molecule has 4 heteroatoms. The van der Waals surface area contributed by atoms with Gasteiger partial charge in [-0.05, 0) is 18.9 Å². The Hall–Kier alpha value is -1.58. The van der Waals surface area contributed by atoms with Gasteiger partial charge in [0.2, 0.25) is 11.8 Å². The lowest BCUT2D eigenvalue weighted by atomic mass is 9.84. The Balaban J connectivity index is 1.53. The molecule has 2 aliphatic rings. The first kappa shape index (κ1) is 11.5. The van der Waals surface area contributed by atoms with Crippen molar-refractivity contribution in [3.63, 3.8) is 0 Å². The number of hydrogen-bond acceptors (Lipinski definition) is 3. The molecular weight excluding hydrogens is 228 g/mol. The van der Waals surface area contributed by atoms with Crippen LogP contribution in [0, 0.1) is 5.92 Å². The van der Waals surface area contributed by atoms with Crippen LogP contribution in [0.2, 0.25) is 0 Å². The first-order valence-corrected chi connectivity index (χ1v) is 6.69. The fraction of sp³-hybridized carbons (Fsp3) is 0.571. The third kappa shape index (κ3) is 2.33. The Bertz CT molecular complexity index is 417. The summed E-state index contributed by atoms with van der Waals surface area (Å²) in [4.78, 5) is 18.2. The Morgan fingerprint density at radius 3 is 2.89 bits per heavy atom. The maximum atomic E-state index is 12.1. The number of likely N-dealkylation sites (tertiary alicyclic amines) is 1. The largest absolute Gasteiger partial charge is 0.472 e. The normalized spacial score (nSPS) is 23.8. The van der Waals surface area contributed by atoms with E-state index in [0.717, 1.165) is 25.8 Å². The third-order valence-electron chi connectivity index (χ3n) is 3.84. The van der Waals surface area contributed by atoms with Crippen molar-refractivity contribution in [2.24, 2.45) is 5.92 Å². The van der Waals surface area contributed by atoms with Crippen molar-refractivity contribution >= 4 is 5.91 Å². The number of rotatable bonds is 3. The minimum absolute atomic E-state index is 0.101. The highest BCUT2D eigenvalue weighted by molar-refractivity contribution is 5.79. The topological polar surface area (TPSA) is 42.4 Å². The Labute approximate surface area is 107 Å². The molecule has 18 heavy (non-hydrogen) atoms. The number of ether oxygens (including phenoxy) is 1. The van der Waals surface area contributed by atoms with Gasteiger partial charge in [-0.25, -0.2) is 4.98 Å². The van der Waals surface area contributed by atoms with Crippen LogP contribution in [0.5, 0.6) is 5.88 Å². The molecule has 0 aromatic carbocycles. The fourth-order valence-corrected chi connectivity index (χ4v) is 2.53. The van der Waals surface area contributed by atoms with Crippen molar-refractivity contribution in [2.75, 3.05) is 13.1 Å². The first-order chi connectivity index (χ1) is 8.83. The number of carbonyl (C=O) groups is 1. The predicted octanol–water partition coefficient (Wildman–Crippen LogP) is 1.86. The molecule has 0 unspecified atom stereocenters. The van der Waals surface area contributed by atoms with Crippen LogP contribution in [-0.4, -0.2) is 35.0 Å². The second-order valence-corrected chi connectivity index (χ2v) is 5.11. The fourth-order valence-electron chi connectivity index (χ4n) is 2.53. The van der Waals surface area contributed by atoms with E-state index in [1.165, 1.54) is 6.42 Å². The Kier molecular flexibility index (Phi) is 3.17. The van der Waals surface area contributed by atoms with Crippen molar-refractivity contribution in [3.05, 3.63) is 24.4 Å². The molecule has 2 fully saturated rings. The highest BCUT2D eigenvalue weighted by atomic mass is 16.5. The first-order valence-electron chi connectivity index (χ1n) is 6.69. The van der Waals surface area contributed by atoms with Gasteiger partial charge in [-0.15, -0.1) is 0 Å². The van der Waals surface area contributed by atoms with Gasteiger partial charge in [0.1, 0.15) is 6.10 Å². The minimum atomic E-state index is 0.101. The molecule has 0 N–H and O–H groups in total. The minimum Gasteiger partial charge on any atom is -0.472 e. The molecular formula is C14H18N2O2. The predicted molar refractivity (Wildman–Crippen MR) is 67.2 cm³/mol. The summed E-state index contributed by atoms with van der Waals surface area (Å²) in [6.07, 6.45) is 6.08. The van der Waals surface area contributed by atoms with Crippen LogP contribution in [0.25, 0.3) is 0 Å². The molecule has 3 rings (SSSR count). The molecule has 1 aliphatic heterocycles. The van der Waals surface area contributed by atoms with Gasteiger partial charge in [0.25, 0.3) is 0 Å². The van der Waals surface area contributed by atoms with Gasteiger partial charge in [-0.1, -0.05) is 12.5 Å². The summed E-state index contributed by atoms with van der Waals surface area (Å²) >= 11 is 0. The van der Waals surface area contributed by atoms with Gasteiger partial charge in [-0.2, -0.15) is 0 Å². The standard InChI is InChI=1S/C14H18N2O2/c17-14(11-4-3-5-11)16-9-7-12(10-16)18-13-6-1-2-8-15-13/h1-2,6,8,11-12H,3-5,7,9-10H2/t12-/m0/s1. The van der Waals surface area contributed by atoms with Crippen LogP contribution in [0.4, 0.5) is 0 Å². The molecule has 0 spiro atoms. The summed E-state index contributed by atoms with van der Waals surface area (Å²) in [6, 6.07) is 5.64. The van der Waals surface area contributed by atoms with Gasteiger partial charge >= 0.3 is 0 Å². The van der Waals surface area contributed by atoms with Crippen LogP contribution in [0.3, 0.4) is 0 Å². The molecule has 4 nitrogen and oxygen atoms in total. The van der Waals surface area contributed by atoms with E-state index in [1.807, 2.05) is 23.1 Å². The molecule has 1 saturated carbocycles. The summed E-state index contributed by atoms with van der Waals surface area (Å²) in [5.41, 5.74) is 0. The highest BCUT2D eigenvalue weighted by Gasteiger charge is 2.34. The zero-order chi connectivity index (χ0) is 12.4.